The van der Waals surface area contributed by atoms with Gasteiger partial charge < -0.3 is 19.9 Å². The summed E-state index contributed by atoms with van der Waals surface area (Å²) in [5, 5.41) is 5.80. The number of fused-ring (bicyclic) bond motifs is 1. The van der Waals surface area contributed by atoms with E-state index in [4.69, 9.17) is 9.72 Å². The van der Waals surface area contributed by atoms with Gasteiger partial charge in [-0.25, -0.2) is 9.78 Å². The summed E-state index contributed by atoms with van der Waals surface area (Å²) < 4.78 is 4.84. The lowest BCUT2D eigenvalue weighted by Gasteiger charge is -2.35. The Morgan fingerprint density at radius 2 is 1.93 bits per heavy atom. The Labute approximate surface area is 179 Å². The molecule has 1 fully saturated rings. The molecule has 1 saturated heterocycles. The predicted octanol–water partition coefficient (Wildman–Crippen LogP) is 3.36. The van der Waals surface area contributed by atoms with Crippen molar-refractivity contribution in [3.8, 4) is 10.4 Å². The molecule has 3 aromatic rings. The smallest absolute Gasteiger partial charge is 0.325 e. The maximum Gasteiger partial charge on any atom is 0.325 e. The Kier molecular flexibility index (Phi) is 6.13. The largest absolute Gasteiger partial charge is 0.465 e. The van der Waals surface area contributed by atoms with E-state index < -0.39 is 5.97 Å². The van der Waals surface area contributed by atoms with Gasteiger partial charge in [-0.3, -0.25) is 4.79 Å². The first-order valence-corrected chi connectivity index (χ1v) is 10.9. The van der Waals surface area contributed by atoms with Gasteiger partial charge in [0.1, 0.15) is 12.4 Å². The Morgan fingerprint density at radius 3 is 2.67 bits per heavy atom. The molecular weight excluding hydrogens is 400 g/mol. The van der Waals surface area contributed by atoms with E-state index in [0.29, 0.717) is 32.8 Å². The molecule has 0 saturated carbocycles. The topological polar surface area (TPSA) is 74.8 Å². The van der Waals surface area contributed by atoms with Crippen LogP contribution in [-0.4, -0.2) is 61.2 Å². The molecule has 0 bridgehead atoms. The third-order valence-electron chi connectivity index (χ3n) is 5.07. The molecular formula is C22H24N4O3S. The number of pyridine rings is 1. The van der Waals surface area contributed by atoms with Crippen LogP contribution in [0.1, 0.15) is 6.92 Å². The fraction of sp³-hybridized carbons (Fsp3) is 0.318. The lowest BCUT2D eigenvalue weighted by molar-refractivity contribution is -0.141. The van der Waals surface area contributed by atoms with Crippen molar-refractivity contribution in [2.24, 2.45) is 0 Å². The molecule has 3 heterocycles. The van der Waals surface area contributed by atoms with E-state index in [2.05, 4.69) is 52.0 Å². The lowest BCUT2D eigenvalue weighted by atomic mass is 10.1. The summed E-state index contributed by atoms with van der Waals surface area (Å²) in [6, 6.07) is 14.3. The van der Waals surface area contributed by atoms with E-state index in [0.717, 1.165) is 22.3 Å². The van der Waals surface area contributed by atoms with Crippen molar-refractivity contribution in [1.29, 1.82) is 0 Å². The molecule has 1 N–H and O–H groups in total. The first-order chi connectivity index (χ1) is 14.7. The quantitative estimate of drug-likeness (QED) is 0.636. The molecule has 7 nitrogen and oxygen atoms in total. The summed E-state index contributed by atoms with van der Waals surface area (Å²) in [6.45, 7) is 4.45. The Balaban J connectivity index is 1.43. The number of urea groups is 1. The number of nitrogens with one attached hydrogen (secondary N) is 1. The van der Waals surface area contributed by atoms with Crippen molar-refractivity contribution in [2.45, 2.75) is 6.92 Å². The lowest BCUT2D eigenvalue weighted by Crippen LogP contribution is -2.52. The fourth-order valence-electron chi connectivity index (χ4n) is 3.55. The van der Waals surface area contributed by atoms with Crippen LogP contribution in [0, 0.1) is 0 Å². The van der Waals surface area contributed by atoms with Gasteiger partial charge in [0.2, 0.25) is 0 Å². The fourth-order valence-corrected chi connectivity index (χ4v) is 4.31. The minimum Gasteiger partial charge on any atom is -0.465 e. The van der Waals surface area contributed by atoms with E-state index in [-0.39, 0.29) is 12.6 Å². The van der Waals surface area contributed by atoms with Gasteiger partial charge in [-0.05, 0) is 30.5 Å². The van der Waals surface area contributed by atoms with E-state index in [1.54, 1.807) is 23.2 Å². The highest BCUT2D eigenvalue weighted by Gasteiger charge is 2.22. The number of rotatable bonds is 5. The summed E-state index contributed by atoms with van der Waals surface area (Å²) in [5.74, 6) is 0.490. The third kappa shape index (κ3) is 4.38. The molecule has 8 heteroatoms. The van der Waals surface area contributed by atoms with Gasteiger partial charge in [-0.2, -0.15) is 0 Å². The average molecular weight is 425 g/mol. The number of para-hydroxylation sites is 1. The number of nitrogens with zero attached hydrogens (tertiary/aromatic N) is 3. The number of benzene rings is 1. The number of hydrogen-bond acceptors (Lipinski definition) is 6. The van der Waals surface area contributed by atoms with Gasteiger partial charge in [0.25, 0.3) is 0 Å². The second-order valence-corrected chi connectivity index (χ2v) is 7.91. The number of piperazine rings is 1. The SMILES string of the molecule is CCOC(=O)CNC(=O)N1CCN(c2ccc3cccc(-c4cccs4)c3n2)CC1. The van der Waals surface area contributed by atoms with Crippen LogP contribution in [0.3, 0.4) is 0 Å². The monoisotopic (exact) mass is 424 g/mol. The highest BCUT2D eigenvalue weighted by Crippen LogP contribution is 2.32. The van der Waals surface area contributed by atoms with Gasteiger partial charge >= 0.3 is 12.0 Å². The summed E-state index contributed by atoms with van der Waals surface area (Å²) in [5.41, 5.74) is 2.13. The van der Waals surface area contributed by atoms with Crippen LogP contribution in [0.4, 0.5) is 10.6 Å². The van der Waals surface area contributed by atoms with Crippen molar-refractivity contribution < 1.29 is 14.3 Å². The van der Waals surface area contributed by atoms with Crippen molar-refractivity contribution in [2.75, 3.05) is 44.2 Å². The Morgan fingerprint density at radius 1 is 1.10 bits per heavy atom. The number of carbonyl (C=O) groups excluding carboxylic acids is 2. The van der Waals surface area contributed by atoms with Crippen LogP contribution in [0.25, 0.3) is 21.3 Å². The zero-order valence-electron chi connectivity index (χ0n) is 16.8. The van der Waals surface area contributed by atoms with E-state index >= 15 is 0 Å². The normalized spacial score (nSPS) is 14.0. The standard InChI is InChI=1S/C22H24N4O3S/c1-2-29-20(27)15-23-22(28)26-12-10-25(11-13-26)19-9-8-16-5-3-6-17(21(16)24-19)18-7-4-14-30-18/h3-9,14H,2,10-13,15H2,1H3,(H,23,28). The summed E-state index contributed by atoms with van der Waals surface area (Å²) in [4.78, 5) is 33.8. The number of thiophene rings is 1. The Hall–Kier alpha value is -3.13. The summed E-state index contributed by atoms with van der Waals surface area (Å²) in [6.07, 6.45) is 0. The number of anilines is 1. The van der Waals surface area contributed by atoms with Gasteiger partial charge in [0.15, 0.2) is 0 Å². The van der Waals surface area contributed by atoms with E-state index in [1.807, 2.05) is 6.07 Å². The van der Waals surface area contributed by atoms with Crippen LogP contribution in [0.5, 0.6) is 0 Å². The number of hydrogen-bond donors (Lipinski definition) is 1. The van der Waals surface area contributed by atoms with Crippen molar-refractivity contribution in [3.63, 3.8) is 0 Å². The second kappa shape index (κ2) is 9.13. The van der Waals surface area contributed by atoms with Crippen LogP contribution in [-0.2, 0) is 9.53 Å². The number of aromatic nitrogens is 1. The van der Waals surface area contributed by atoms with Gasteiger partial charge in [0, 0.05) is 42.0 Å². The number of carbonyl (C=O) groups is 2. The second-order valence-electron chi connectivity index (χ2n) is 6.96. The molecule has 2 aromatic heterocycles. The number of esters is 1. The maximum absolute atomic E-state index is 12.3. The number of amides is 2. The highest BCUT2D eigenvalue weighted by molar-refractivity contribution is 7.13. The van der Waals surface area contributed by atoms with Crippen molar-refractivity contribution in [1.82, 2.24) is 15.2 Å². The number of ether oxygens (including phenoxy) is 1. The van der Waals surface area contributed by atoms with Crippen LogP contribution in [0.2, 0.25) is 0 Å². The summed E-state index contributed by atoms with van der Waals surface area (Å²) >= 11 is 1.71. The summed E-state index contributed by atoms with van der Waals surface area (Å²) in [7, 11) is 0. The molecule has 0 unspecified atom stereocenters. The molecule has 30 heavy (non-hydrogen) atoms. The molecule has 1 aliphatic rings. The zero-order chi connectivity index (χ0) is 20.9. The average Bonchev–Trinajstić information content (AvgIpc) is 3.32. The molecule has 1 aromatic carbocycles. The zero-order valence-corrected chi connectivity index (χ0v) is 17.7. The molecule has 0 aliphatic carbocycles. The molecule has 4 rings (SSSR count). The maximum atomic E-state index is 12.3. The molecule has 0 spiro atoms. The minimum atomic E-state index is -0.425. The molecule has 2 amide bonds. The van der Waals surface area contributed by atoms with Crippen molar-refractivity contribution in [3.05, 3.63) is 47.8 Å². The first kappa shape index (κ1) is 20.2. The van der Waals surface area contributed by atoms with E-state index in [9.17, 15) is 9.59 Å². The van der Waals surface area contributed by atoms with Gasteiger partial charge in [0.05, 0.1) is 12.1 Å². The minimum absolute atomic E-state index is 0.107. The van der Waals surface area contributed by atoms with Crippen LogP contribution in [0.15, 0.2) is 47.8 Å². The Bertz CT molecular complexity index is 1030. The predicted molar refractivity (Wildman–Crippen MR) is 119 cm³/mol. The molecule has 1 aliphatic heterocycles. The molecule has 0 atom stereocenters. The van der Waals surface area contributed by atoms with Gasteiger partial charge in [-0.15, -0.1) is 11.3 Å². The van der Waals surface area contributed by atoms with Gasteiger partial charge in [-0.1, -0.05) is 24.3 Å². The van der Waals surface area contributed by atoms with E-state index in [1.165, 1.54) is 4.88 Å². The van der Waals surface area contributed by atoms with Crippen LogP contribution >= 0.6 is 11.3 Å². The highest BCUT2D eigenvalue weighted by atomic mass is 32.1. The molecule has 156 valence electrons. The van der Waals surface area contributed by atoms with Crippen molar-refractivity contribution >= 4 is 40.1 Å². The molecule has 0 radical (unpaired) electrons. The first-order valence-electron chi connectivity index (χ1n) is 10.0. The van der Waals surface area contributed by atoms with Crippen LogP contribution < -0.4 is 10.2 Å². The third-order valence-corrected chi connectivity index (χ3v) is 5.98.